The number of carbonyl (C=O) groups excluding carboxylic acids is 1. The number of hydrogen-bond donors (Lipinski definition) is 0. The molecule has 2 saturated heterocycles. The minimum Gasteiger partial charge on any atom is -1.00 e. The average Bonchev–Trinajstić information content (AvgIpc) is 2.39. The van der Waals surface area contributed by atoms with Gasteiger partial charge in [0, 0.05) is 0 Å². The molecule has 2 heterocycles. The predicted octanol–water partition coefficient (Wildman–Crippen LogP) is -5.36. The quantitative estimate of drug-likeness (QED) is 0.199. The Kier molecular flexibility index (Phi) is 11.0. The zero-order valence-electron chi connectivity index (χ0n) is 13.9. The van der Waals surface area contributed by atoms with Gasteiger partial charge in [-0.3, -0.25) is 0 Å². The number of ether oxygens (including phenoxy) is 2. The number of rotatable bonds is 5. The summed E-state index contributed by atoms with van der Waals surface area (Å²) in [6, 6.07) is 0. The summed E-state index contributed by atoms with van der Waals surface area (Å²) >= 11 is 0. The summed E-state index contributed by atoms with van der Waals surface area (Å²) < 4.78 is 12.6. The second kappa shape index (κ2) is 10.6. The summed E-state index contributed by atoms with van der Waals surface area (Å²) in [5.74, 6) is -0.0574. The van der Waals surface area contributed by atoms with Crippen LogP contribution in [0.25, 0.3) is 0 Å². The first-order valence-corrected chi connectivity index (χ1v) is 7.92. The minimum atomic E-state index is -0.0574. The van der Waals surface area contributed by atoms with Crippen LogP contribution in [0.5, 0.6) is 0 Å². The van der Waals surface area contributed by atoms with Crippen LogP contribution >= 0.6 is 0 Å². The SMILES string of the molecule is C[N+]1(CCOC(=O)C[N+]2(C)CCOCC2)CCCCC1.[I-].[I-]. The Balaban J connectivity index is 0.00000220. The van der Waals surface area contributed by atoms with E-state index in [-0.39, 0.29) is 53.9 Å². The Labute approximate surface area is 168 Å². The van der Waals surface area contributed by atoms with Gasteiger partial charge in [0.15, 0.2) is 6.54 Å². The first-order chi connectivity index (χ1) is 9.52. The molecule has 0 spiro atoms. The Morgan fingerprint density at radius 1 is 0.955 bits per heavy atom. The summed E-state index contributed by atoms with van der Waals surface area (Å²) in [5.41, 5.74) is 0. The maximum atomic E-state index is 12.0. The summed E-state index contributed by atoms with van der Waals surface area (Å²) in [6.07, 6.45) is 3.96. The van der Waals surface area contributed by atoms with Crippen molar-refractivity contribution in [2.75, 3.05) is 73.2 Å². The van der Waals surface area contributed by atoms with E-state index in [1.807, 2.05) is 0 Å². The lowest BCUT2D eigenvalue weighted by atomic mass is 10.1. The standard InChI is InChI=1S/C15H30N2O3.2HI/c1-16(6-4-3-5-7-16)10-13-20-15(18)14-17(2)8-11-19-12-9-17;;/h3-14H2,1-2H3;2*1H/q+2;;/p-2. The van der Waals surface area contributed by atoms with Gasteiger partial charge in [0.1, 0.15) is 26.2 Å². The minimum absolute atomic E-state index is 0. The third-order valence-corrected chi connectivity index (χ3v) is 4.85. The first-order valence-electron chi connectivity index (χ1n) is 7.92. The fourth-order valence-corrected chi connectivity index (χ4v) is 3.18. The summed E-state index contributed by atoms with van der Waals surface area (Å²) in [4.78, 5) is 12.0. The Bertz CT molecular complexity index is 331. The Morgan fingerprint density at radius 2 is 1.55 bits per heavy atom. The zero-order valence-corrected chi connectivity index (χ0v) is 18.2. The molecule has 2 rings (SSSR count). The van der Waals surface area contributed by atoms with Crippen LogP contribution in [0, 0.1) is 0 Å². The van der Waals surface area contributed by atoms with Crippen molar-refractivity contribution in [3.8, 4) is 0 Å². The number of likely N-dealkylation sites (N-methyl/N-ethyl adjacent to an activating group) is 2. The molecule has 2 fully saturated rings. The van der Waals surface area contributed by atoms with Gasteiger partial charge in [-0.05, 0) is 19.3 Å². The van der Waals surface area contributed by atoms with E-state index < -0.39 is 0 Å². The molecule has 22 heavy (non-hydrogen) atoms. The van der Waals surface area contributed by atoms with Gasteiger partial charge in [0.05, 0.1) is 40.4 Å². The van der Waals surface area contributed by atoms with E-state index in [1.54, 1.807) is 0 Å². The van der Waals surface area contributed by atoms with Crippen LogP contribution in [0.3, 0.4) is 0 Å². The van der Waals surface area contributed by atoms with Crippen LogP contribution in [0.15, 0.2) is 0 Å². The Morgan fingerprint density at radius 3 is 2.14 bits per heavy atom. The summed E-state index contributed by atoms with van der Waals surface area (Å²) in [6.45, 7) is 7.76. The van der Waals surface area contributed by atoms with Gasteiger partial charge >= 0.3 is 5.97 Å². The van der Waals surface area contributed by atoms with E-state index in [4.69, 9.17) is 9.47 Å². The van der Waals surface area contributed by atoms with Gasteiger partial charge in [-0.2, -0.15) is 0 Å². The van der Waals surface area contributed by atoms with E-state index in [1.165, 1.54) is 32.4 Å². The molecule has 0 unspecified atom stereocenters. The number of hydrogen-bond acceptors (Lipinski definition) is 3. The van der Waals surface area contributed by atoms with Gasteiger partial charge in [-0.15, -0.1) is 0 Å². The normalized spacial score (nSPS) is 22.8. The molecule has 0 radical (unpaired) electrons. The number of carbonyl (C=O) groups is 1. The molecule has 0 aromatic rings. The number of morpholine rings is 1. The van der Waals surface area contributed by atoms with Gasteiger partial charge in [-0.25, -0.2) is 4.79 Å². The lowest BCUT2D eigenvalue weighted by molar-refractivity contribution is -0.915. The van der Waals surface area contributed by atoms with Gasteiger partial charge in [0.2, 0.25) is 0 Å². The maximum absolute atomic E-state index is 12.0. The third kappa shape index (κ3) is 7.59. The smallest absolute Gasteiger partial charge is 0.361 e. The highest BCUT2D eigenvalue weighted by Crippen LogP contribution is 2.15. The van der Waals surface area contributed by atoms with Crippen molar-refractivity contribution in [3.05, 3.63) is 0 Å². The molecule has 2 aliphatic rings. The maximum Gasteiger partial charge on any atom is 0.361 e. The van der Waals surface area contributed by atoms with E-state index in [2.05, 4.69) is 14.1 Å². The highest BCUT2D eigenvalue weighted by molar-refractivity contribution is 5.70. The van der Waals surface area contributed by atoms with Crippen LogP contribution in [-0.4, -0.2) is 88.1 Å². The number of nitrogens with zero attached hydrogens (tertiary/aromatic N) is 2. The largest absolute Gasteiger partial charge is 1.00 e. The first kappa shape index (κ1) is 22.8. The second-order valence-electron chi connectivity index (χ2n) is 6.91. The number of likely N-dealkylation sites (tertiary alicyclic amines) is 1. The summed E-state index contributed by atoms with van der Waals surface area (Å²) in [7, 11) is 4.39. The molecule has 0 amide bonds. The molecule has 0 N–H and O–H groups in total. The van der Waals surface area contributed by atoms with Crippen LogP contribution in [0.4, 0.5) is 0 Å². The zero-order chi connectivity index (χ0) is 14.5. The van der Waals surface area contributed by atoms with Crippen molar-refractivity contribution in [1.29, 1.82) is 0 Å². The lowest BCUT2D eigenvalue weighted by Gasteiger charge is -2.38. The van der Waals surface area contributed by atoms with Crippen molar-refractivity contribution in [2.45, 2.75) is 19.3 Å². The molecular weight excluding hydrogens is 510 g/mol. The van der Waals surface area contributed by atoms with Crippen molar-refractivity contribution in [1.82, 2.24) is 0 Å². The van der Waals surface area contributed by atoms with E-state index in [0.29, 0.717) is 13.2 Å². The van der Waals surface area contributed by atoms with Crippen molar-refractivity contribution < 1.29 is 71.2 Å². The van der Waals surface area contributed by atoms with Crippen molar-refractivity contribution >= 4 is 5.97 Å². The van der Waals surface area contributed by atoms with Crippen LogP contribution in [0.2, 0.25) is 0 Å². The van der Waals surface area contributed by atoms with Crippen LogP contribution in [-0.2, 0) is 14.3 Å². The van der Waals surface area contributed by atoms with Gasteiger partial charge in [-0.1, -0.05) is 0 Å². The fraction of sp³-hybridized carbons (Fsp3) is 0.933. The number of halogens is 2. The van der Waals surface area contributed by atoms with Crippen LogP contribution < -0.4 is 48.0 Å². The molecule has 0 saturated carbocycles. The van der Waals surface area contributed by atoms with E-state index in [0.717, 1.165) is 41.8 Å². The molecule has 0 aliphatic carbocycles. The predicted molar refractivity (Wildman–Crippen MR) is 77.2 cm³/mol. The fourth-order valence-electron chi connectivity index (χ4n) is 3.18. The molecule has 2 aliphatic heterocycles. The van der Waals surface area contributed by atoms with Gasteiger partial charge < -0.3 is 66.4 Å². The second-order valence-corrected chi connectivity index (χ2v) is 6.91. The Hall–Kier alpha value is 0.810. The highest BCUT2D eigenvalue weighted by Gasteiger charge is 2.30. The van der Waals surface area contributed by atoms with Crippen molar-refractivity contribution in [3.63, 3.8) is 0 Å². The van der Waals surface area contributed by atoms with Gasteiger partial charge in [0.25, 0.3) is 0 Å². The number of quaternary nitrogens is 2. The molecule has 5 nitrogen and oxygen atoms in total. The van der Waals surface area contributed by atoms with E-state index in [9.17, 15) is 4.79 Å². The lowest BCUT2D eigenvalue weighted by Crippen LogP contribution is -3.00. The third-order valence-electron chi connectivity index (χ3n) is 4.85. The molecule has 0 aromatic carbocycles. The number of esters is 1. The van der Waals surface area contributed by atoms with E-state index >= 15 is 0 Å². The summed E-state index contributed by atoms with van der Waals surface area (Å²) in [5, 5.41) is 0. The van der Waals surface area contributed by atoms with Crippen molar-refractivity contribution in [2.24, 2.45) is 0 Å². The monoisotopic (exact) mass is 540 g/mol. The molecule has 0 atom stereocenters. The van der Waals surface area contributed by atoms with Crippen LogP contribution in [0.1, 0.15) is 19.3 Å². The highest BCUT2D eigenvalue weighted by atomic mass is 127. The molecule has 132 valence electrons. The molecule has 7 heteroatoms. The molecule has 0 bridgehead atoms. The molecular formula is C15H30I2N2O3. The molecule has 0 aromatic heterocycles. The average molecular weight is 540 g/mol. The number of piperidine rings is 1. The topological polar surface area (TPSA) is 35.5 Å².